The quantitative estimate of drug-likeness (QED) is 0.679. The van der Waals surface area contributed by atoms with Gasteiger partial charge in [0.25, 0.3) is 5.91 Å². The third kappa shape index (κ3) is 3.48. The number of nitrogens with zero attached hydrogens (tertiary/aromatic N) is 6. The number of rotatable bonds is 5. The molecule has 4 rings (SSSR count). The van der Waals surface area contributed by atoms with Gasteiger partial charge in [0, 0.05) is 7.05 Å². The molecule has 1 aromatic carbocycles. The van der Waals surface area contributed by atoms with E-state index in [4.69, 9.17) is 10.3 Å². The molecule has 158 valence electrons. The fourth-order valence-electron chi connectivity index (χ4n) is 3.43. The Bertz CT molecular complexity index is 1100. The van der Waals surface area contributed by atoms with E-state index < -0.39 is 11.4 Å². The lowest BCUT2D eigenvalue weighted by Crippen LogP contribution is -2.36. The molecule has 3 heterocycles. The van der Waals surface area contributed by atoms with Crippen LogP contribution in [0.4, 0.5) is 4.39 Å². The van der Waals surface area contributed by atoms with Crippen molar-refractivity contribution in [3.8, 4) is 17.2 Å². The molecule has 30 heavy (non-hydrogen) atoms. The van der Waals surface area contributed by atoms with Gasteiger partial charge in [-0.25, -0.2) is 9.37 Å². The van der Waals surface area contributed by atoms with Gasteiger partial charge in [0.1, 0.15) is 17.8 Å². The molecule has 0 spiro atoms. The van der Waals surface area contributed by atoms with Crippen LogP contribution in [0.3, 0.4) is 0 Å². The summed E-state index contributed by atoms with van der Waals surface area (Å²) in [5.41, 5.74) is 7.63. The third-order valence-electron chi connectivity index (χ3n) is 5.25. The van der Waals surface area contributed by atoms with Gasteiger partial charge in [0.2, 0.25) is 11.7 Å². The highest BCUT2D eigenvalue weighted by molar-refractivity contribution is 5.98. The molecule has 0 fully saturated rings. The summed E-state index contributed by atoms with van der Waals surface area (Å²) in [7, 11) is 5.59. The molecule has 1 aliphatic rings. The normalized spacial score (nSPS) is 15.7. The number of fused-ring (bicyclic) bond motifs is 3. The standard InChI is InChI=1S/C20H24FN7O2/c1-20(22,7-8-26(2)3)19-24-17(25-30-19)16-15-10-27(4)18(29)13-9-12(21)5-6-14(13)28(15)11-23-16/h5-6,9,11H,7-8,10,22H2,1-4H3. The fourth-order valence-corrected chi connectivity index (χ4v) is 3.43. The maximum atomic E-state index is 13.8. The molecule has 2 N–H and O–H groups in total. The minimum absolute atomic E-state index is 0.259. The van der Waals surface area contributed by atoms with E-state index in [-0.39, 0.29) is 18.0 Å². The highest BCUT2D eigenvalue weighted by atomic mass is 19.1. The maximum absolute atomic E-state index is 13.8. The van der Waals surface area contributed by atoms with Gasteiger partial charge >= 0.3 is 0 Å². The molecule has 10 heteroatoms. The van der Waals surface area contributed by atoms with Crippen LogP contribution in [0.15, 0.2) is 29.0 Å². The Labute approximate surface area is 173 Å². The number of imidazole rings is 1. The van der Waals surface area contributed by atoms with Crippen molar-refractivity contribution in [2.45, 2.75) is 25.4 Å². The van der Waals surface area contributed by atoms with Crippen LogP contribution in [-0.2, 0) is 12.1 Å². The van der Waals surface area contributed by atoms with Crippen molar-refractivity contribution >= 4 is 5.91 Å². The van der Waals surface area contributed by atoms with Crippen LogP contribution in [0.2, 0.25) is 0 Å². The van der Waals surface area contributed by atoms with Gasteiger partial charge in [0.15, 0.2) is 0 Å². The van der Waals surface area contributed by atoms with Gasteiger partial charge in [-0.2, -0.15) is 4.98 Å². The van der Waals surface area contributed by atoms with Crippen molar-refractivity contribution in [1.29, 1.82) is 0 Å². The Morgan fingerprint density at radius 2 is 2.13 bits per heavy atom. The van der Waals surface area contributed by atoms with Crippen LogP contribution in [0.1, 0.15) is 35.3 Å². The van der Waals surface area contributed by atoms with Crippen LogP contribution in [0.5, 0.6) is 0 Å². The Morgan fingerprint density at radius 3 is 2.87 bits per heavy atom. The summed E-state index contributed by atoms with van der Waals surface area (Å²) < 4.78 is 21.0. The molecule has 0 aliphatic carbocycles. The lowest BCUT2D eigenvalue weighted by Gasteiger charge is -2.21. The number of benzene rings is 1. The SMILES string of the molecule is CN(C)CCC(C)(N)c1nc(-c2ncn3c2CN(C)C(=O)c2cc(F)ccc2-3)no1. The molecule has 2 aromatic heterocycles. The lowest BCUT2D eigenvalue weighted by molar-refractivity contribution is 0.0787. The predicted octanol–water partition coefficient (Wildman–Crippen LogP) is 1.77. The Hall–Kier alpha value is -3.11. The largest absolute Gasteiger partial charge is 0.337 e. The van der Waals surface area contributed by atoms with Crippen LogP contribution in [-0.4, -0.2) is 63.1 Å². The van der Waals surface area contributed by atoms with Crippen molar-refractivity contribution in [2.24, 2.45) is 5.73 Å². The molecule has 0 saturated heterocycles. The van der Waals surface area contributed by atoms with Crippen LogP contribution in [0, 0.1) is 5.82 Å². The monoisotopic (exact) mass is 413 g/mol. The molecule has 0 saturated carbocycles. The number of nitrogens with two attached hydrogens (primary N) is 1. The van der Waals surface area contributed by atoms with E-state index in [1.165, 1.54) is 17.0 Å². The predicted molar refractivity (Wildman–Crippen MR) is 107 cm³/mol. The second-order valence-electron chi connectivity index (χ2n) is 8.13. The van der Waals surface area contributed by atoms with E-state index in [1.807, 2.05) is 25.9 Å². The molecule has 0 radical (unpaired) electrons. The maximum Gasteiger partial charge on any atom is 0.256 e. The van der Waals surface area contributed by atoms with E-state index in [0.717, 1.165) is 6.54 Å². The van der Waals surface area contributed by atoms with Gasteiger partial charge < -0.3 is 20.1 Å². The zero-order valence-electron chi connectivity index (χ0n) is 17.4. The van der Waals surface area contributed by atoms with E-state index in [2.05, 4.69) is 15.1 Å². The smallest absolute Gasteiger partial charge is 0.256 e. The Kier molecular flexibility index (Phi) is 4.91. The fraction of sp³-hybridized carbons (Fsp3) is 0.400. The number of carbonyl (C=O) groups excluding carboxylic acids is 1. The summed E-state index contributed by atoms with van der Waals surface area (Å²) in [4.78, 5) is 25.2. The zero-order chi connectivity index (χ0) is 21.6. The molecule has 1 amide bonds. The third-order valence-corrected chi connectivity index (χ3v) is 5.25. The Morgan fingerprint density at radius 1 is 1.37 bits per heavy atom. The number of hydrogen-bond donors (Lipinski definition) is 1. The number of aromatic nitrogens is 4. The molecule has 1 unspecified atom stereocenters. The second-order valence-corrected chi connectivity index (χ2v) is 8.13. The minimum atomic E-state index is -0.789. The average Bonchev–Trinajstić information content (AvgIpc) is 3.31. The number of carbonyl (C=O) groups is 1. The van der Waals surface area contributed by atoms with Crippen LogP contribution in [0.25, 0.3) is 17.2 Å². The molecule has 9 nitrogen and oxygen atoms in total. The number of amides is 1. The van der Waals surface area contributed by atoms with Gasteiger partial charge in [-0.3, -0.25) is 9.36 Å². The first-order valence-corrected chi connectivity index (χ1v) is 9.57. The first-order chi connectivity index (χ1) is 14.2. The molecule has 1 aliphatic heterocycles. The van der Waals surface area contributed by atoms with Crippen molar-refractivity contribution in [3.05, 3.63) is 47.5 Å². The molecule has 1 atom stereocenters. The first kappa shape index (κ1) is 20.2. The van der Waals surface area contributed by atoms with Crippen LogP contribution >= 0.6 is 0 Å². The van der Waals surface area contributed by atoms with Gasteiger partial charge in [-0.1, -0.05) is 5.16 Å². The molecular weight excluding hydrogens is 389 g/mol. The van der Waals surface area contributed by atoms with Gasteiger partial charge in [0.05, 0.1) is 29.0 Å². The van der Waals surface area contributed by atoms with Crippen LogP contribution < -0.4 is 5.73 Å². The van der Waals surface area contributed by atoms with Crippen molar-refractivity contribution in [2.75, 3.05) is 27.7 Å². The summed E-state index contributed by atoms with van der Waals surface area (Å²) in [6.45, 7) is 2.87. The van der Waals surface area contributed by atoms with E-state index >= 15 is 0 Å². The number of halogens is 1. The topological polar surface area (TPSA) is 106 Å². The van der Waals surface area contributed by atoms with E-state index in [0.29, 0.717) is 35.2 Å². The highest BCUT2D eigenvalue weighted by Crippen LogP contribution is 2.31. The van der Waals surface area contributed by atoms with Gasteiger partial charge in [-0.05, 0) is 52.2 Å². The summed E-state index contributed by atoms with van der Waals surface area (Å²) >= 11 is 0. The summed E-state index contributed by atoms with van der Waals surface area (Å²) in [5.74, 6) is -0.124. The zero-order valence-corrected chi connectivity index (χ0v) is 17.4. The highest BCUT2D eigenvalue weighted by Gasteiger charge is 2.32. The first-order valence-electron chi connectivity index (χ1n) is 9.57. The second kappa shape index (κ2) is 7.29. The molecule has 0 bridgehead atoms. The van der Waals surface area contributed by atoms with E-state index in [1.54, 1.807) is 24.0 Å². The Balaban J connectivity index is 1.74. The summed E-state index contributed by atoms with van der Waals surface area (Å²) in [6, 6.07) is 4.12. The summed E-state index contributed by atoms with van der Waals surface area (Å²) in [6.07, 6.45) is 2.22. The lowest BCUT2D eigenvalue weighted by atomic mass is 9.99. The minimum Gasteiger partial charge on any atom is -0.337 e. The number of hydrogen-bond acceptors (Lipinski definition) is 7. The van der Waals surface area contributed by atoms with Crippen molar-refractivity contribution in [3.63, 3.8) is 0 Å². The van der Waals surface area contributed by atoms with Crippen molar-refractivity contribution in [1.82, 2.24) is 29.5 Å². The molecule has 3 aromatic rings. The summed E-state index contributed by atoms with van der Waals surface area (Å²) in [5, 5.41) is 4.09. The molecular formula is C20H24FN7O2. The van der Waals surface area contributed by atoms with Crippen molar-refractivity contribution < 1.29 is 13.7 Å². The van der Waals surface area contributed by atoms with E-state index in [9.17, 15) is 9.18 Å². The average molecular weight is 413 g/mol. The van der Waals surface area contributed by atoms with Gasteiger partial charge in [-0.15, -0.1) is 0 Å².